The molecule has 0 saturated heterocycles. The van der Waals surface area contributed by atoms with E-state index in [2.05, 4.69) is 32.5 Å². The molecule has 0 fully saturated rings. The number of fused-ring (bicyclic) bond motifs is 1. The molecule has 0 amide bonds. The number of rotatable bonds is 10. The molecule has 1 aliphatic rings. The summed E-state index contributed by atoms with van der Waals surface area (Å²) in [4.78, 5) is 0. The Morgan fingerprint density at radius 2 is 1.39 bits per heavy atom. The van der Waals surface area contributed by atoms with E-state index in [1.54, 1.807) is 28.3 Å². The predicted octanol–water partition coefficient (Wildman–Crippen LogP) is 5.36. The SMILES string of the molecule is CCC[CH2][Sn]([CH2]CCC)([CH2]CCC)[c]1nn(C)c2c1CCCC2. The van der Waals surface area contributed by atoms with Gasteiger partial charge in [0.2, 0.25) is 0 Å². The number of unbranched alkanes of at least 4 members (excludes halogenated alkanes) is 3. The fourth-order valence-corrected chi connectivity index (χ4v) is 21.1. The van der Waals surface area contributed by atoms with Crippen LogP contribution in [0.4, 0.5) is 0 Å². The Balaban J connectivity index is 2.41. The number of hydrogen-bond acceptors (Lipinski definition) is 1. The second-order valence-electron chi connectivity index (χ2n) is 7.70. The van der Waals surface area contributed by atoms with Gasteiger partial charge in [-0.25, -0.2) is 0 Å². The van der Waals surface area contributed by atoms with Crippen molar-refractivity contribution in [1.82, 2.24) is 9.78 Å². The molecule has 1 aromatic heterocycles. The molecular weight excluding hydrogens is 387 g/mol. The summed E-state index contributed by atoms with van der Waals surface area (Å²) in [6.45, 7) is 7.10. The van der Waals surface area contributed by atoms with Crippen molar-refractivity contribution in [2.75, 3.05) is 0 Å². The topological polar surface area (TPSA) is 17.8 Å². The molecule has 0 radical (unpaired) electrons. The van der Waals surface area contributed by atoms with Crippen molar-refractivity contribution in [3.8, 4) is 0 Å². The maximum atomic E-state index is 5.23. The molecule has 0 aliphatic heterocycles. The first-order valence-electron chi connectivity index (χ1n) is 10.2. The van der Waals surface area contributed by atoms with Gasteiger partial charge in [-0.15, -0.1) is 0 Å². The van der Waals surface area contributed by atoms with Crippen LogP contribution in [0.15, 0.2) is 0 Å². The van der Waals surface area contributed by atoms with E-state index in [9.17, 15) is 0 Å². The van der Waals surface area contributed by atoms with Gasteiger partial charge in [-0.05, 0) is 0 Å². The molecule has 0 saturated carbocycles. The van der Waals surface area contributed by atoms with Crippen molar-refractivity contribution >= 4 is 22.1 Å². The minimum absolute atomic E-state index is 1.27. The van der Waals surface area contributed by atoms with Crippen molar-refractivity contribution in [3.05, 3.63) is 11.3 Å². The first-order valence-corrected chi connectivity index (χ1v) is 17.7. The van der Waals surface area contributed by atoms with Crippen LogP contribution in [0.1, 0.15) is 83.4 Å². The predicted molar refractivity (Wildman–Crippen MR) is 104 cm³/mol. The van der Waals surface area contributed by atoms with Crippen molar-refractivity contribution in [3.63, 3.8) is 0 Å². The number of aryl methyl sites for hydroxylation is 1. The summed E-state index contributed by atoms with van der Waals surface area (Å²) < 4.78 is 8.64. The van der Waals surface area contributed by atoms with Gasteiger partial charge in [-0.2, -0.15) is 0 Å². The number of nitrogens with zero attached hydrogens (tertiary/aromatic N) is 2. The minimum atomic E-state index is -2.33. The van der Waals surface area contributed by atoms with Crippen LogP contribution in [0, 0.1) is 0 Å². The average molecular weight is 425 g/mol. The first kappa shape index (κ1) is 19.3. The van der Waals surface area contributed by atoms with Crippen molar-refractivity contribution in [2.24, 2.45) is 7.05 Å². The third-order valence-electron chi connectivity index (χ3n) is 5.89. The van der Waals surface area contributed by atoms with Crippen LogP contribution in [-0.2, 0) is 19.9 Å². The van der Waals surface area contributed by atoms with Gasteiger partial charge in [0.15, 0.2) is 0 Å². The van der Waals surface area contributed by atoms with Crippen molar-refractivity contribution in [2.45, 2.75) is 98.3 Å². The Morgan fingerprint density at radius 3 is 1.91 bits per heavy atom. The zero-order chi connectivity index (χ0) is 16.7. The van der Waals surface area contributed by atoms with Crippen LogP contribution in [0.25, 0.3) is 0 Å². The Labute approximate surface area is 148 Å². The van der Waals surface area contributed by atoms with E-state index in [0.717, 1.165) is 0 Å². The fraction of sp³-hybridized carbons (Fsp3) is 0.850. The Kier molecular flexibility index (Phi) is 7.97. The summed E-state index contributed by atoms with van der Waals surface area (Å²) in [6.07, 6.45) is 13.7. The van der Waals surface area contributed by atoms with Crippen LogP contribution in [-0.4, -0.2) is 28.2 Å². The molecule has 3 heteroatoms. The van der Waals surface area contributed by atoms with Gasteiger partial charge in [0.1, 0.15) is 0 Å². The van der Waals surface area contributed by atoms with Gasteiger partial charge in [0.05, 0.1) is 0 Å². The van der Waals surface area contributed by atoms with Crippen LogP contribution < -0.4 is 3.71 Å². The molecule has 2 nitrogen and oxygen atoms in total. The van der Waals surface area contributed by atoms with E-state index in [0.29, 0.717) is 0 Å². The molecule has 23 heavy (non-hydrogen) atoms. The summed E-state index contributed by atoms with van der Waals surface area (Å²) in [5.74, 6) is 0. The summed E-state index contributed by atoms with van der Waals surface area (Å²) in [6, 6.07) is 0. The van der Waals surface area contributed by atoms with E-state index in [1.165, 1.54) is 64.2 Å². The Bertz CT molecular complexity index is 456. The third kappa shape index (κ3) is 4.55. The molecule has 0 aromatic carbocycles. The average Bonchev–Trinajstić information content (AvgIpc) is 2.93. The standard InChI is InChI=1S/C8H11N2.3C4H9.Sn/c1-10-8-5-3-2-4-7(8)6-9-10;3*1-3-4-2;/h2-5H2,1H3;3*1,3-4H2,2H3;. The molecule has 1 heterocycles. The summed E-state index contributed by atoms with van der Waals surface area (Å²) >= 11 is -2.33. The van der Waals surface area contributed by atoms with Gasteiger partial charge in [0, 0.05) is 0 Å². The van der Waals surface area contributed by atoms with Gasteiger partial charge in [-0.1, -0.05) is 0 Å². The van der Waals surface area contributed by atoms with E-state index < -0.39 is 18.4 Å². The monoisotopic (exact) mass is 426 g/mol. The Morgan fingerprint density at radius 1 is 0.870 bits per heavy atom. The van der Waals surface area contributed by atoms with Gasteiger partial charge >= 0.3 is 148 Å². The summed E-state index contributed by atoms with van der Waals surface area (Å²) in [5.41, 5.74) is 3.33. The van der Waals surface area contributed by atoms with Crippen LogP contribution >= 0.6 is 0 Å². The zero-order valence-electron chi connectivity index (χ0n) is 16.1. The van der Waals surface area contributed by atoms with Gasteiger partial charge < -0.3 is 0 Å². The zero-order valence-corrected chi connectivity index (χ0v) is 18.9. The first-order chi connectivity index (χ1) is 11.2. The molecule has 132 valence electrons. The third-order valence-corrected chi connectivity index (χ3v) is 21.1. The molecule has 1 aliphatic carbocycles. The molecule has 0 N–H and O–H groups in total. The summed E-state index contributed by atoms with van der Waals surface area (Å²) in [7, 11) is 2.21. The summed E-state index contributed by atoms with van der Waals surface area (Å²) in [5, 5.41) is 5.23. The van der Waals surface area contributed by atoms with E-state index in [4.69, 9.17) is 5.10 Å². The second kappa shape index (κ2) is 9.48. The fourth-order valence-electron chi connectivity index (χ4n) is 4.47. The number of aromatic nitrogens is 2. The molecular formula is C20H38N2Sn. The Hall–Kier alpha value is 0.00870. The second-order valence-corrected chi connectivity index (χ2v) is 20.6. The molecule has 2 rings (SSSR count). The van der Waals surface area contributed by atoms with Crippen LogP contribution in [0.5, 0.6) is 0 Å². The van der Waals surface area contributed by atoms with Crippen molar-refractivity contribution in [1.29, 1.82) is 0 Å². The number of hydrogen-bond donors (Lipinski definition) is 0. The van der Waals surface area contributed by atoms with E-state index in [1.807, 2.05) is 0 Å². The molecule has 0 spiro atoms. The maximum absolute atomic E-state index is 5.23. The van der Waals surface area contributed by atoms with Crippen LogP contribution in [0.3, 0.4) is 0 Å². The van der Waals surface area contributed by atoms with Crippen molar-refractivity contribution < 1.29 is 0 Å². The molecule has 0 bridgehead atoms. The molecule has 1 aromatic rings. The van der Waals surface area contributed by atoms with Gasteiger partial charge in [0.25, 0.3) is 0 Å². The van der Waals surface area contributed by atoms with E-state index in [-0.39, 0.29) is 0 Å². The van der Waals surface area contributed by atoms with Crippen LogP contribution in [0.2, 0.25) is 13.3 Å². The molecule has 0 unspecified atom stereocenters. The van der Waals surface area contributed by atoms with Gasteiger partial charge in [-0.3, -0.25) is 0 Å². The van der Waals surface area contributed by atoms with E-state index >= 15 is 0 Å². The molecule has 0 atom stereocenters. The normalized spacial score (nSPS) is 15.0. The quantitative estimate of drug-likeness (QED) is 0.462.